The summed E-state index contributed by atoms with van der Waals surface area (Å²) in [5.41, 5.74) is 0.932. The fourth-order valence-electron chi connectivity index (χ4n) is 3.25. The highest BCUT2D eigenvalue weighted by molar-refractivity contribution is 9.10. The topological polar surface area (TPSA) is 58.6 Å². The van der Waals surface area contributed by atoms with Crippen molar-refractivity contribution in [2.45, 2.75) is 18.9 Å². The SMILES string of the molecule is O=C(C1CCCO1)N1CCN(c2ncc3cc(Br)ccc3n2)CC1. The van der Waals surface area contributed by atoms with Gasteiger partial charge in [0.05, 0.1) is 5.52 Å². The van der Waals surface area contributed by atoms with Crippen molar-refractivity contribution >= 4 is 38.7 Å². The Morgan fingerprint density at radius 1 is 1.25 bits per heavy atom. The first kappa shape index (κ1) is 15.8. The molecule has 1 atom stereocenters. The smallest absolute Gasteiger partial charge is 0.251 e. The summed E-state index contributed by atoms with van der Waals surface area (Å²) in [7, 11) is 0. The van der Waals surface area contributed by atoms with Gasteiger partial charge in [-0.05, 0) is 31.0 Å². The Labute approximate surface area is 148 Å². The van der Waals surface area contributed by atoms with Crippen LogP contribution in [0.15, 0.2) is 28.9 Å². The minimum absolute atomic E-state index is 0.136. The standard InChI is InChI=1S/C17H19BrN4O2/c18-13-3-4-14-12(10-13)11-19-17(20-14)22-7-5-21(6-8-22)16(23)15-2-1-9-24-15/h3-4,10-11,15H,1-2,5-9H2. The average Bonchev–Trinajstić information content (AvgIpc) is 3.15. The third-order valence-electron chi connectivity index (χ3n) is 4.61. The van der Waals surface area contributed by atoms with Crippen molar-refractivity contribution < 1.29 is 9.53 Å². The van der Waals surface area contributed by atoms with Gasteiger partial charge < -0.3 is 14.5 Å². The van der Waals surface area contributed by atoms with Gasteiger partial charge in [0, 0.05) is 48.8 Å². The molecule has 7 heteroatoms. The van der Waals surface area contributed by atoms with Crippen molar-refractivity contribution in [1.82, 2.24) is 14.9 Å². The Morgan fingerprint density at radius 2 is 2.08 bits per heavy atom. The number of halogens is 1. The molecule has 1 aromatic heterocycles. The van der Waals surface area contributed by atoms with Gasteiger partial charge >= 0.3 is 0 Å². The molecule has 1 aromatic carbocycles. The first-order valence-corrected chi connectivity index (χ1v) is 9.08. The van der Waals surface area contributed by atoms with E-state index in [2.05, 4.69) is 30.8 Å². The lowest BCUT2D eigenvalue weighted by Gasteiger charge is -2.35. The molecule has 6 nitrogen and oxygen atoms in total. The fourth-order valence-corrected chi connectivity index (χ4v) is 3.63. The van der Waals surface area contributed by atoms with Gasteiger partial charge in [-0.3, -0.25) is 4.79 Å². The number of carbonyl (C=O) groups excluding carboxylic acids is 1. The van der Waals surface area contributed by atoms with E-state index in [1.165, 1.54) is 0 Å². The summed E-state index contributed by atoms with van der Waals surface area (Å²) in [6.07, 6.45) is 3.46. The summed E-state index contributed by atoms with van der Waals surface area (Å²) in [5, 5.41) is 1.01. The largest absolute Gasteiger partial charge is 0.368 e. The van der Waals surface area contributed by atoms with Gasteiger partial charge in [0.15, 0.2) is 0 Å². The van der Waals surface area contributed by atoms with Crippen LogP contribution in [0.5, 0.6) is 0 Å². The van der Waals surface area contributed by atoms with Crippen LogP contribution >= 0.6 is 15.9 Å². The summed E-state index contributed by atoms with van der Waals surface area (Å²) in [6.45, 7) is 3.60. The molecule has 2 aliphatic rings. The first-order chi connectivity index (χ1) is 11.7. The van der Waals surface area contributed by atoms with Crippen molar-refractivity contribution in [3.05, 3.63) is 28.9 Å². The van der Waals surface area contributed by atoms with E-state index in [0.29, 0.717) is 19.7 Å². The maximum Gasteiger partial charge on any atom is 0.251 e. The van der Waals surface area contributed by atoms with E-state index in [1.54, 1.807) is 0 Å². The molecule has 1 unspecified atom stereocenters. The second-order valence-corrected chi connectivity index (χ2v) is 7.10. The minimum Gasteiger partial charge on any atom is -0.368 e. The molecule has 0 spiro atoms. The van der Waals surface area contributed by atoms with Gasteiger partial charge in [0.25, 0.3) is 5.91 Å². The number of fused-ring (bicyclic) bond motifs is 1. The third kappa shape index (κ3) is 3.10. The van der Waals surface area contributed by atoms with Crippen LogP contribution < -0.4 is 4.90 Å². The average molecular weight is 391 g/mol. The second-order valence-electron chi connectivity index (χ2n) is 6.19. The zero-order valence-corrected chi connectivity index (χ0v) is 14.9. The molecule has 0 saturated carbocycles. The lowest BCUT2D eigenvalue weighted by atomic mass is 10.2. The highest BCUT2D eigenvalue weighted by Gasteiger charge is 2.30. The van der Waals surface area contributed by atoms with Crippen LogP contribution in [0.3, 0.4) is 0 Å². The molecule has 4 rings (SSSR count). The Bertz CT molecular complexity index is 755. The van der Waals surface area contributed by atoms with Crippen molar-refractivity contribution in [2.75, 3.05) is 37.7 Å². The number of ether oxygens (including phenoxy) is 1. The van der Waals surface area contributed by atoms with Gasteiger partial charge in [0.1, 0.15) is 6.10 Å². The van der Waals surface area contributed by atoms with Gasteiger partial charge in [-0.1, -0.05) is 15.9 Å². The molecule has 0 radical (unpaired) electrons. The zero-order valence-electron chi connectivity index (χ0n) is 13.3. The number of carbonyl (C=O) groups is 1. The molecule has 3 heterocycles. The molecule has 1 amide bonds. The summed E-state index contributed by atoms with van der Waals surface area (Å²) in [6, 6.07) is 5.98. The summed E-state index contributed by atoms with van der Waals surface area (Å²) >= 11 is 3.46. The summed E-state index contributed by atoms with van der Waals surface area (Å²) < 4.78 is 6.52. The number of hydrogen-bond acceptors (Lipinski definition) is 5. The monoisotopic (exact) mass is 390 g/mol. The lowest BCUT2D eigenvalue weighted by Crippen LogP contribution is -2.51. The lowest BCUT2D eigenvalue weighted by molar-refractivity contribution is -0.141. The van der Waals surface area contributed by atoms with E-state index in [9.17, 15) is 4.79 Å². The number of nitrogens with zero attached hydrogens (tertiary/aromatic N) is 4. The highest BCUT2D eigenvalue weighted by Crippen LogP contribution is 2.21. The third-order valence-corrected chi connectivity index (χ3v) is 5.10. The normalized spacial score (nSPS) is 21.5. The molecule has 2 fully saturated rings. The zero-order chi connectivity index (χ0) is 16.5. The van der Waals surface area contributed by atoms with E-state index >= 15 is 0 Å². The molecular formula is C17H19BrN4O2. The van der Waals surface area contributed by atoms with Gasteiger partial charge in [-0.15, -0.1) is 0 Å². The number of benzene rings is 1. The predicted octanol–water partition coefficient (Wildman–Crippen LogP) is 2.22. The van der Waals surface area contributed by atoms with Gasteiger partial charge in [-0.25, -0.2) is 9.97 Å². The number of anilines is 1. The Kier molecular flexibility index (Phi) is 4.37. The van der Waals surface area contributed by atoms with Gasteiger partial charge in [-0.2, -0.15) is 0 Å². The number of aromatic nitrogens is 2. The first-order valence-electron chi connectivity index (χ1n) is 8.28. The molecule has 2 saturated heterocycles. The molecule has 0 bridgehead atoms. The fraction of sp³-hybridized carbons (Fsp3) is 0.471. The van der Waals surface area contributed by atoms with Crippen LogP contribution in [0, 0.1) is 0 Å². The summed E-state index contributed by atoms with van der Waals surface area (Å²) in [4.78, 5) is 25.6. The maximum atomic E-state index is 12.4. The summed E-state index contributed by atoms with van der Waals surface area (Å²) in [5.74, 6) is 0.866. The molecule has 0 aliphatic carbocycles. The maximum absolute atomic E-state index is 12.4. The Hall–Kier alpha value is -1.73. The van der Waals surface area contributed by atoms with Crippen molar-refractivity contribution in [2.24, 2.45) is 0 Å². The molecule has 24 heavy (non-hydrogen) atoms. The Balaban J connectivity index is 1.43. The van der Waals surface area contributed by atoms with E-state index in [0.717, 1.165) is 47.3 Å². The molecule has 126 valence electrons. The van der Waals surface area contributed by atoms with Crippen LogP contribution in [-0.2, 0) is 9.53 Å². The quantitative estimate of drug-likeness (QED) is 0.786. The molecule has 2 aromatic rings. The molecule has 0 N–H and O–H groups in total. The van der Waals surface area contributed by atoms with E-state index < -0.39 is 0 Å². The van der Waals surface area contributed by atoms with Crippen molar-refractivity contribution in [3.63, 3.8) is 0 Å². The van der Waals surface area contributed by atoms with Crippen LogP contribution in [0.4, 0.5) is 5.95 Å². The number of hydrogen-bond donors (Lipinski definition) is 0. The predicted molar refractivity (Wildman–Crippen MR) is 95.0 cm³/mol. The van der Waals surface area contributed by atoms with Crippen LogP contribution in [-0.4, -0.2) is 59.7 Å². The van der Waals surface area contributed by atoms with Crippen molar-refractivity contribution in [1.29, 1.82) is 0 Å². The number of piperazine rings is 1. The highest BCUT2D eigenvalue weighted by atomic mass is 79.9. The van der Waals surface area contributed by atoms with Crippen LogP contribution in [0.1, 0.15) is 12.8 Å². The van der Waals surface area contributed by atoms with E-state index in [4.69, 9.17) is 4.74 Å². The van der Waals surface area contributed by atoms with E-state index in [1.807, 2.05) is 29.3 Å². The minimum atomic E-state index is -0.230. The van der Waals surface area contributed by atoms with Gasteiger partial charge in [0.2, 0.25) is 5.95 Å². The Morgan fingerprint density at radius 3 is 2.83 bits per heavy atom. The van der Waals surface area contributed by atoms with Crippen LogP contribution in [0.25, 0.3) is 10.9 Å². The van der Waals surface area contributed by atoms with E-state index in [-0.39, 0.29) is 12.0 Å². The van der Waals surface area contributed by atoms with Crippen LogP contribution in [0.2, 0.25) is 0 Å². The van der Waals surface area contributed by atoms with Crippen molar-refractivity contribution in [3.8, 4) is 0 Å². The molecule has 2 aliphatic heterocycles. The second kappa shape index (κ2) is 6.64. The number of amides is 1. The number of rotatable bonds is 2. The molecular weight excluding hydrogens is 372 g/mol.